The lowest BCUT2D eigenvalue weighted by molar-refractivity contribution is 0.0491. The van der Waals surface area contributed by atoms with Gasteiger partial charge in [-0.2, -0.15) is 4.31 Å². The summed E-state index contributed by atoms with van der Waals surface area (Å²) in [7, 11) is -3.87. The number of carbonyl (C=O) groups excluding carboxylic acids is 1. The van der Waals surface area contributed by atoms with Crippen molar-refractivity contribution in [3.05, 3.63) is 65.2 Å². The van der Waals surface area contributed by atoms with Crippen LogP contribution in [0.1, 0.15) is 47.5 Å². The molecule has 2 heterocycles. The fraction of sp³-hybridized carbons (Fsp3) is 0.318. The van der Waals surface area contributed by atoms with Crippen molar-refractivity contribution in [2.45, 2.75) is 37.6 Å². The van der Waals surface area contributed by atoms with E-state index in [-0.39, 0.29) is 17.3 Å². The summed E-state index contributed by atoms with van der Waals surface area (Å²) in [6, 6.07) is 10.2. The van der Waals surface area contributed by atoms with E-state index in [1.54, 1.807) is 32.0 Å². The first-order valence-corrected chi connectivity index (χ1v) is 11.2. The Hall–Kier alpha value is -2.71. The van der Waals surface area contributed by atoms with Crippen molar-refractivity contribution >= 4 is 27.0 Å². The highest BCUT2D eigenvalue weighted by atomic mass is 32.2. The highest BCUT2D eigenvalue weighted by Gasteiger charge is 2.37. The first kappa shape index (κ1) is 20.6. The average Bonchev–Trinajstić information content (AvgIpc) is 3.34. The molecule has 0 aliphatic carbocycles. The topological polar surface area (TPSA) is 76.8 Å². The van der Waals surface area contributed by atoms with Crippen LogP contribution in [0.2, 0.25) is 0 Å². The number of hydrogen-bond acceptors (Lipinski definition) is 5. The number of halogens is 1. The summed E-state index contributed by atoms with van der Waals surface area (Å²) in [5.41, 5.74) is 1.30. The van der Waals surface area contributed by atoms with Crippen molar-refractivity contribution in [2.24, 2.45) is 0 Å². The number of sulfonamides is 1. The Balaban J connectivity index is 1.74. The zero-order valence-electron chi connectivity index (χ0n) is 16.7. The average molecular weight is 431 g/mol. The minimum Gasteiger partial charge on any atom is -0.460 e. The van der Waals surface area contributed by atoms with E-state index < -0.39 is 27.9 Å². The monoisotopic (exact) mass is 431 g/mol. The van der Waals surface area contributed by atoms with Crippen LogP contribution in [-0.2, 0) is 14.8 Å². The van der Waals surface area contributed by atoms with Crippen LogP contribution in [0, 0.1) is 12.7 Å². The summed E-state index contributed by atoms with van der Waals surface area (Å²) in [4.78, 5) is 12.2. The highest BCUT2D eigenvalue weighted by Crippen LogP contribution is 2.38. The molecule has 4 rings (SSSR count). The first-order valence-electron chi connectivity index (χ1n) is 9.81. The number of benzene rings is 2. The molecule has 0 N–H and O–H groups in total. The molecule has 30 heavy (non-hydrogen) atoms. The minimum atomic E-state index is -3.87. The van der Waals surface area contributed by atoms with E-state index in [1.807, 2.05) is 0 Å². The summed E-state index contributed by atoms with van der Waals surface area (Å²) < 4.78 is 53.1. The van der Waals surface area contributed by atoms with E-state index in [1.165, 1.54) is 28.6 Å². The van der Waals surface area contributed by atoms with Gasteiger partial charge in [-0.3, -0.25) is 0 Å². The number of nitrogens with zero attached hydrogens (tertiary/aromatic N) is 1. The van der Waals surface area contributed by atoms with Crippen molar-refractivity contribution in [1.29, 1.82) is 0 Å². The van der Waals surface area contributed by atoms with Crippen molar-refractivity contribution < 1.29 is 26.8 Å². The molecule has 3 aromatic rings. The number of carbonyl (C=O) groups is 1. The van der Waals surface area contributed by atoms with E-state index in [0.29, 0.717) is 41.5 Å². The van der Waals surface area contributed by atoms with Crippen LogP contribution in [0.3, 0.4) is 0 Å². The molecule has 6 nitrogen and oxygen atoms in total. The molecule has 0 unspecified atom stereocenters. The molecule has 1 aliphatic rings. The molecule has 158 valence electrons. The van der Waals surface area contributed by atoms with E-state index in [4.69, 9.17) is 9.15 Å². The van der Waals surface area contributed by atoms with Crippen LogP contribution < -0.4 is 0 Å². The molecule has 1 saturated heterocycles. The third kappa shape index (κ3) is 3.40. The molecule has 1 aliphatic heterocycles. The van der Waals surface area contributed by atoms with Gasteiger partial charge >= 0.3 is 5.97 Å². The summed E-state index contributed by atoms with van der Waals surface area (Å²) in [6.07, 6.45) is 1.21. The maximum absolute atomic E-state index is 14.3. The maximum atomic E-state index is 14.3. The maximum Gasteiger partial charge on any atom is 0.374 e. The number of esters is 1. The van der Waals surface area contributed by atoms with Gasteiger partial charge < -0.3 is 9.15 Å². The number of furan rings is 1. The van der Waals surface area contributed by atoms with Crippen LogP contribution in [-0.4, -0.2) is 31.8 Å². The van der Waals surface area contributed by atoms with Gasteiger partial charge in [-0.1, -0.05) is 18.2 Å². The van der Waals surface area contributed by atoms with Crippen LogP contribution >= 0.6 is 0 Å². The highest BCUT2D eigenvalue weighted by molar-refractivity contribution is 7.89. The van der Waals surface area contributed by atoms with Crippen LogP contribution in [0.25, 0.3) is 11.0 Å². The lowest BCUT2D eigenvalue weighted by Crippen LogP contribution is -2.31. The molecule has 1 aromatic heterocycles. The number of fused-ring (bicyclic) bond motifs is 1. The molecule has 0 radical (unpaired) electrons. The molecule has 1 atom stereocenters. The molecule has 0 saturated carbocycles. The van der Waals surface area contributed by atoms with Gasteiger partial charge in [0, 0.05) is 23.1 Å². The van der Waals surface area contributed by atoms with Crippen LogP contribution in [0.4, 0.5) is 4.39 Å². The molecular weight excluding hydrogens is 409 g/mol. The van der Waals surface area contributed by atoms with Gasteiger partial charge in [0.25, 0.3) is 0 Å². The van der Waals surface area contributed by atoms with Crippen molar-refractivity contribution in [2.75, 3.05) is 13.2 Å². The third-order valence-electron chi connectivity index (χ3n) is 5.44. The Labute approximate surface area is 174 Å². The zero-order chi connectivity index (χ0) is 21.5. The second-order valence-corrected chi connectivity index (χ2v) is 9.12. The Morgan fingerprint density at radius 3 is 2.77 bits per heavy atom. The summed E-state index contributed by atoms with van der Waals surface area (Å²) in [5, 5.41) is 0.528. The van der Waals surface area contributed by atoms with Gasteiger partial charge in [0.1, 0.15) is 11.4 Å². The predicted molar refractivity (Wildman–Crippen MR) is 109 cm³/mol. The van der Waals surface area contributed by atoms with Gasteiger partial charge in [-0.05, 0) is 51.0 Å². The van der Waals surface area contributed by atoms with Crippen molar-refractivity contribution in [1.82, 2.24) is 4.31 Å². The summed E-state index contributed by atoms with van der Waals surface area (Å²) in [6.45, 7) is 3.91. The van der Waals surface area contributed by atoms with Crippen molar-refractivity contribution in [3.63, 3.8) is 0 Å². The SMILES string of the molecule is CCOC(=O)c1oc2ccc(S(=O)(=O)N3CCC[C@@H]3c3ccccc3F)cc2c1C. The second-order valence-electron chi connectivity index (χ2n) is 7.23. The molecule has 0 bridgehead atoms. The van der Waals surface area contributed by atoms with Crippen LogP contribution in [0.5, 0.6) is 0 Å². The van der Waals surface area contributed by atoms with E-state index >= 15 is 0 Å². The smallest absolute Gasteiger partial charge is 0.374 e. The van der Waals surface area contributed by atoms with E-state index in [9.17, 15) is 17.6 Å². The number of aryl methyl sites for hydroxylation is 1. The largest absolute Gasteiger partial charge is 0.460 e. The van der Waals surface area contributed by atoms with Gasteiger partial charge in [-0.15, -0.1) is 0 Å². The van der Waals surface area contributed by atoms with Gasteiger partial charge in [0.15, 0.2) is 0 Å². The van der Waals surface area contributed by atoms with Crippen molar-refractivity contribution in [3.8, 4) is 0 Å². The fourth-order valence-corrected chi connectivity index (χ4v) is 5.67. The Morgan fingerprint density at radius 2 is 2.03 bits per heavy atom. The van der Waals surface area contributed by atoms with Gasteiger partial charge in [0.2, 0.25) is 15.8 Å². The molecule has 2 aromatic carbocycles. The molecule has 1 fully saturated rings. The minimum absolute atomic E-state index is 0.0619. The molecular formula is C22H22FNO5S. The Bertz CT molecular complexity index is 1220. The van der Waals surface area contributed by atoms with Gasteiger partial charge in [0.05, 0.1) is 17.5 Å². The number of ether oxygens (including phenoxy) is 1. The predicted octanol–water partition coefficient (Wildman–Crippen LogP) is 4.58. The Morgan fingerprint density at radius 1 is 1.27 bits per heavy atom. The number of rotatable bonds is 5. The molecule has 8 heteroatoms. The standard InChI is InChI=1S/C22H22FNO5S/c1-3-28-22(25)21-14(2)17-13-15(10-11-20(17)29-21)30(26,27)24-12-6-9-19(24)16-7-4-5-8-18(16)23/h4-5,7-8,10-11,13,19H,3,6,9,12H2,1-2H3/t19-/m1/s1. The van der Waals surface area contributed by atoms with E-state index in [2.05, 4.69) is 0 Å². The number of hydrogen-bond donors (Lipinski definition) is 0. The second kappa shape index (κ2) is 7.85. The molecule has 0 amide bonds. The van der Waals surface area contributed by atoms with E-state index in [0.717, 1.165) is 0 Å². The normalized spacial score (nSPS) is 17.5. The fourth-order valence-electron chi connectivity index (χ4n) is 3.97. The quantitative estimate of drug-likeness (QED) is 0.553. The Kier molecular flexibility index (Phi) is 5.38. The van der Waals surface area contributed by atoms with Gasteiger partial charge in [-0.25, -0.2) is 17.6 Å². The lowest BCUT2D eigenvalue weighted by atomic mass is 10.1. The van der Waals surface area contributed by atoms with Crippen LogP contribution in [0.15, 0.2) is 51.8 Å². The first-order chi connectivity index (χ1) is 14.3. The molecule has 0 spiro atoms. The summed E-state index contributed by atoms with van der Waals surface area (Å²) in [5.74, 6) is -0.939. The lowest BCUT2D eigenvalue weighted by Gasteiger charge is -2.24. The summed E-state index contributed by atoms with van der Waals surface area (Å²) >= 11 is 0. The zero-order valence-corrected chi connectivity index (χ0v) is 17.5. The third-order valence-corrected chi connectivity index (χ3v) is 7.35.